The first kappa shape index (κ1) is 23.1. The molecule has 1 saturated heterocycles. The second-order valence-electron chi connectivity index (χ2n) is 8.59. The average molecular weight is 490 g/mol. The van der Waals surface area contributed by atoms with Gasteiger partial charge in [-0.2, -0.15) is 0 Å². The van der Waals surface area contributed by atoms with Gasteiger partial charge in [-0.15, -0.1) is 0 Å². The Kier molecular flexibility index (Phi) is 6.51. The molecule has 1 aliphatic rings. The van der Waals surface area contributed by atoms with E-state index >= 15 is 0 Å². The second-order valence-corrected chi connectivity index (χ2v) is 8.99. The largest absolute Gasteiger partial charge is 0.353 e. The van der Waals surface area contributed by atoms with Crippen LogP contribution in [0.5, 0.6) is 0 Å². The first-order valence-electron chi connectivity index (χ1n) is 11.5. The molecule has 0 spiro atoms. The van der Waals surface area contributed by atoms with Gasteiger partial charge in [0.1, 0.15) is 17.5 Å². The van der Waals surface area contributed by atoms with Gasteiger partial charge in [0.05, 0.1) is 12.1 Å². The third kappa shape index (κ3) is 5.05. The molecular weight excluding hydrogens is 465 g/mol. The van der Waals surface area contributed by atoms with Crippen LogP contribution in [0.2, 0.25) is 5.02 Å². The number of aromatic nitrogens is 3. The number of hydrogen-bond acceptors (Lipinski definition) is 4. The number of rotatable bonds is 5. The van der Waals surface area contributed by atoms with E-state index in [1.807, 2.05) is 59.0 Å². The highest BCUT2D eigenvalue weighted by Gasteiger charge is 2.24. The molecule has 0 bridgehead atoms. The molecule has 3 heterocycles. The van der Waals surface area contributed by atoms with Crippen LogP contribution in [0.15, 0.2) is 73.1 Å². The molecule has 1 fully saturated rings. The van der Waals surface area contributed by atoms with Crippen LogP contribution in [-0.2, 0) is 11.2 Å². The zero-order valence-electron chi connectivity index (χ0n) is 19.4. The third-order valence-corrected chi connectivity index (χ3v) is 6.68. The summed E-state index contributed by atoms with van der Waals surface area (Å²) in [6.07, 6.45) is 3.81. The molecule has 0 saturated carbocycles. The number of carbonyl (C=O) groups is 1. The molecule has 1 aliphatic heterocycles. The average Bonchev–Trinajstić information content (AvgIpc) is 3.30. The number of aryl methyl sites for hydroxylation is 1. The van der Waals surface area contributed by atoms with Crippen LogP contribution in [0.25, 0.3) is 16.9 Å². The van der Waals surface area contributed by atoms with Crippen molar-refractivity contribution in [3.05, 3.63) is 95.3 Å². The maximum absolute atomic E-state index is 13.6. The summed E-state index contributed by atoms with van der Waals surface area (Å²) in [7, 11) is 0. The molecule has 6 nitrogen and oxygen atoms in total. The minimum absolute atomic E-state index is 0.0125. The van der Waals surface area contributed by atoms with Crippen molar-refractivity contribution < 1.29 is 9.18 Å². The van der Waals surface area contributed by atoms with Crippen molar-refractivity contribution in [1.82, 2.24) is 19.4 Å². The number of pyridine rings is 1. The van der Waals surface area contributed by atoms with Gasteiger partial charge in [-0.3, -0.25) is 4.79 Å². The lowest BCUT2D eigenvalue weighted by Crippen LogP contribution is -2.49. The SMILES string of the molecule is Cc1cc(-c2cn(-c3ccc(F)cc3)c(CC(=O)N3CCN(c4ccccn4)CC3)n2)ccc1Cl. The van der Waals surface area contributed by atoms with Gasteiger partial charge < -0.3 is 14.4 Å². The molecule has 0 N–H and O–H groups in total. The van der Waals surface area contributed by atoms with Crippen molar-refractivity contribution in [2.45, 2.75) is 13.3 Å². The Morgan fingerprint density at radius 1 is 1.03 bits per heavy atom. The van der Waals surface area contributed by atoms with Crippen LogP contribution in [-0.4, -0.2) is 51.5 Å². The van der Waals surface area contributed by atoms with E-state index in [0.29, 0.717) is 23.9 Å². The zero-order chi connectivity index (χ0) is 24.4. The first-order chi connectivity index (χ1) is 17.0. The third-order valence-electron chi connectivity index (χ3n) is 6.25. The summed E-state index contributed by atoms with van der Waals surface area (Å²) in [6, 6.07) is 17.8. The molecule has 5 rings (SSSR count). The van der Waals surface area contributed by atoms with E-state index in [4.69, 9.17) is 16.6 Å². The minimum Gasteiger partial charge on any atom is -0.353 e. The van der Waals surface area contributed by atoms with E-state index in [1.165, 1.54) is 12.1 Å². The van der Waals surface area contributed by atoms with E-state index in [1.54, 1.807) is 18.3 Å². The van der Waals surface area contributed by atoms with Crippen molar-refractivity contribution in [1.29, 1.82) is 0 Å². The predicted octanol–water partition coefficient (Wildman–Crippen LogP) is 4.93. The van der Waals surface area contributed by atoms with Gasteiger partial charge >= 0.3 is 0 Å². The highest BCUT2D eigenvalue weighted by atomic mass is 35.5. The molecule has 1 amide bonds. The number of imidazole rings is 1. The molecule has 8 heteroatoms. The Hall–Kier alpha value is -3.71. The Labute approximate surface area is 208 Å². The van der Waals surface area contributed by atoms with E-state index in [-0.39, 0.29) is 18.1 Å². The lowest BCUT2D eigenvalue weighted by atomic mass is 10.1. The lowest BCUT2D eigenvalue weighted by molar-refractivity contribution is -0.130. The van der Waals surface area contributed by atoms with E-state index in [9.17, 15) is 9.18 Å². The molecule has 0 atom stereocenters. The van der Waals surface area contributed by atoms with Gasteiger partial charge in [-0.25, -0.2) is 14.4 Å². The molecule has 2 aromatic heterocycles. The van der Waals surface area contributed by atoms with Crippen LogP contribution < -0.4 is 4.90 Å². The van der Waals surface area contributed by atoms with Gasteiger partial charge in [-0.1, -0.05) is 23.7 Å². The van der Waals surface area contributed by atoms with Crippen molar-refractivity contribution in [3.8, 4) is 16.9 Å². The number of hydrogen-bond donors (Lipinski definition) is 0. The molecule has 0 aliphatic carbocycles. The van der Waals surface area contributed by atoms with Crippen molar-refractivity contribution in [3.63, 3.8) is 0 Å². The van der Waals surface area contributed by atoms with Crippen LogP contribution >= 0.6 is 11.6 Å². The number of carbonyl (C=O) groups excluding carboxylic acids is 1. The van der Waals surface area contributed by atoms with Gasteiger partial charge in [0.25, 0.3) is 0 Å². The fraction of sp³-hybridized carbons (Fsp3) is 0.222. The number of benzene rings is 2. The summed E-state index contributed by atoms with van der Waals surface area (Å²) in [6.45, 7) is 4.64. The summed E-state index contributed by atoms with van der Waals surface area (Å²) < 4.78 is 15.4. The fourth-order valence-electron chi connectivity index (χ4n) is 4.28. The quantitative estimate of drug-likeness (QED) is 0.399. The predicted molar refractivity (Wildman–Crippen MR) is 135 cm³/mol. The summed E-state index contributed by atoms with van der Waals surface area (Å²) >= 11 is 6.20. The van der Waals surface area contributed by atoms with Crippen LogP contribution in [0.3, 0.4) is 0 Å². The number of anilines is 1. The van der Waals surface area contributed by atoms with Crippen molar-refractivity contribution >= 4 is 23.3 Å². The van der Waals surface area contributed by atoms with Gasteiger partial charge in [0.2, 0.25) is 5.91 Å². The number of amides is 1. The molecule has 2 aromatic carbocycles. The van der Waals surface area contributed by atoms with E-state index in [0.717, 1.165) is 41.4 Å². The van der Waals surface area contributed by atoms with Crippen LogP contribution in [0.1, 0.15) is 11.4 Å². The van der Waals surface area contributed by atoms with Crippen molar-refractivity contribution in [2.75, 3.05) is 31.1 Å². The first-order valence-corrected chi connectivity index (χ1v) is 11.9. The molecular formula is C27H25ClFN5O. The standard InChI is InChI=1S/C27H25ClFN5O/c1-19-16-20(5-10-23(19)28)24-18-34(22-8-6-21(29)7-9-22)26(31-24)17-27(35)33-14-12-32(13-15-33)25-4-2-3-11-30-25/h2-11,16,18H,12-15,17H2,1H3. The van der Waals surface area contributed by atoms with Gasteiger partial charge in [0.15, 0.2) is 0 Å². The zero-order valence-corrected chi connectivity index (χ0v) is 20.1. The molecule has 4 aromatic rings. The van der Waals surface area contributed by atoms with Crippen LogP contribution in [0, 0.1) is 12.7 Å². The summed E-state index contributed by atoms with van der Waals surface area (Å²) in [5, 5.41) is 0.687. The summed E-state index contributed by atoms with van der Waals surface area (Å²) in [4.78, 5) is 26.5. The number of nitrogens with zero attached hydrogens (tertiary/aromatic N) is 5. The van der Waals surface area contributed by atoms with E-state index in [2.05, 4.69) is 9.88 Å². The Bertz CT molecular complexity index is 1330. The second kappa shape index (κ2) is 9.88. The topological polar surface area (TPSA) is 54.3 Å². The highest BCUT2D eigenvalue weighted by molar-refractivity contribution is 6.31. The molecule has 0 radical (unpaired) electrons. The normalized spacial score (nSPS) is 13.8. The number of halogens is 2. The smallest absolute Gasteiger partial charge is 0.230 e. The van der Waals surface area contributed by atoms with Gasteiger partial charge in [-0.05, 0) is 61.0 Å². The fourth-order valence-corrected chi connectivity index (χ4v) is 4.40. The Balaban J connectivity index is 1.38. The maximum atomic E-state index is 13.6. The molecule has 35 heavy (non-hydrogen) atoms. The maximum Gasteiger partial charge on any atom is 0.230 e. The Morgan fingerprint density at radius 3 is 2.49 bits per heavy atom. The summed E-state index contributed by atoms with van der Waals surface area (Å²) in [5.74, 6) is 1.23. The lowest BCUT2D eigenvalue weighted by Gasteiger charge is -2.35. The van der Waals surface area contributed by atoms with Gasteiger partial charge in [0, 0.05) is 54.8 Å². The van der Waals surface area contributed by atoms with Crippen molar-refractivity contribution in [2.24, 2.45) is 0 Å². The van der Waals surface area contributed by atoms with E-state index < -0.39 is 0 Å². The number of piperazine rings is 1. The highest BCUT2D eigenvalue weighted by Crippen LogP contribution is 2.26. The minimum atomic E-state index is -0.314. The van der Waals surface area contributed by atoms with Crippen LogP contribution in [0.4, 0.5) is 10.2 Å². The summed E-state index contributed by atoms with van der Waals surface area (Å²) in [5.41, 5.74) is 3.34. The molecule has 178 valence electrons. The monoisotopic (exact) mass is 489 g/mol. The molecule has 0 unspecified atom stereocenters. The Morgan fingerprint density at radius 2 is 1.80 bits per heavy atom.